The first-order valence-electron chi connectivity index (χ1n) is 7.52. The van der Waals surface area contributed by atoms with Crippen molar-refractivity contribution >= 4 is 11.8 Å². The first-order chi connectivity index (χ1) is 9.36. The summed E-state index contributed by atoms with van der Waals surface area (Å²) in [6.07, 6.45) is 2.21. The van der Waals surface area contributed by atoms with E-state index < -0.39 is 6.04 Å². The van der Waals surface area contributed by atoms with Crippen molar-refractivity contribution in [3.05, 3.63) is 0 Å². The van der Waals surface area contributed by atoms with Gasteiger partial charge in [-0.25, -0.2) is 0 Å². The molecule has 1 saturated heterocycles. The lowest BCUT2D eigenvalue weighted by Crippen LogP contribution is -2.52. The van der Waals surface area contributed by atoms with Crippen LogP contribution in [0.3, 0.4) is 0 Å². The van der Waals surface area contributed by atoms with Gasteiger partial charge in [0.25, 0.3) is 0 Å². The Morgan fingerprint density at radius 3 is 2.60 bits per heavy atom. The Kier molecular flexibility index (Phi) is 6.46. The zero-order valence-electron chi connectivity index (χ0n) is 13.2. The molecule has 1 rings (SSSR count). The van der Waals surface area contributed by atoms with Crippen molar-refractivity contribution in [3.63, 3.8) is 0 Å². The van der Waals surface area contributed by atoms with Crippen LogP contribution in [0.4, 0.5) is 0 Å². The summed E-state index contributed by atoms with van der Waals surface area (Å²) in [6.45, 7) is 10.6. The molecule has 5 nitrogen and oxygen atoms in total. The van der Waals surface area contributed by atoms with E-state index in [4.69, 9.17) is 4.74 Å². The minimum absolute atomic E-state index is 0.0267. The highest BCUT2D eigenvalue weighted by Crippen LogP contribution is 2.23. The molecule has 1 unspecified atom stereocenters. The number of carbonyl (C=O) groups excluding carboxylic acids is 2. The zero-order chi connectivity index (χ0) is 15.2. The molecule has 116 valence electrons. The maximum atomic E-state index is 12.5. The van der Waals surface area contributed by atoms with E-state index in [1.54, 1.807) is 4.90 Å². The smallest absolute Gasteiger partial charge is 0.245 e. The van der Waals surface area contributed by atoms with Gasteiger partial charge in [-0.15, -0.1) is 0 Å². The van der Waals surface area contributed by atoms with E-state index in [-0.39, 0.29) is 17.2 Å². The average Bonchev–Trinajstić information content (AvgIpc) is 2.50. The Morgan fingerprint density at radius 2 is 2.00 bits per heavy atom. The Hall–Kier alpha value is -1.10. The number of nitrogens with zero attached hydrogens (tertiary/aromatic N) is 1. The van der Waals surface area contributed by atoms with Gasteiger partial charge in [-0.05, 0) is 18.3 Å². The lowest BCUT2D eigenvalue weighted by atomic mass is 9.86. The van der Waals surface area contributed by atoms with Crippen LogP contribution in [0.5, 0.6) is 0 Å². The van der Waals surface area contributed by atoms with Crippen molar-refractivity contribution in [1.29, 1.82) is 0 Å². The third-order valence-corrected chi connectivity index (χ3v) is 3.40. The van der Waals surface area contributed by atoms with Crippen molar-refractivity contribution < 1.29 is 14.3 Å². The van der Waals surface area contributed by atoms with Gasteiger partial charge in [-0.1, -0.05) is 27.7 Å². The summed E-state index contributed by atoms with van der Waals surface area (Å²) in [7, 11) is 0. The second-order valence-corrected chi connectivity index (χ2v) is 6.41. The summed E-state index contributed by atoms with van der Waals surface area (Å²) in [4.78, 5) is 26.1. The molecule has 20 heavy (non-hydrogen) atoms. The largest absolute Gasteiger partial charge is 0.381 e. The normalized spacial score (nSPS) is 20.8. The van der Waals surface area contributed by atoms with Crippen molar-refractivity contribution in [2.24, 2.45) is 5.41 Å². The second-order valence-electron chi connectivity index (χ2n) is 6.41. The number of carbonyl (C=O) groups is 2. The lowest BCUT2D eigenvalue weighted by molar-refractivity contribution is -0.136. The molecule has 5 heteroatoms. The quantitative estimate of drug-likeness (QED) is 0.753. The Bertz CT molecular complexity index is 337. The molecule has 0 aromatic rings. The van der Waals surface area contributed by atoms with Crippen molar-refractivity contribution in [2.45, 2.75) is 53.0 Å². The Labute approximate surface area is 122 Å². The van der Waals surface area contributed by atoms with Crippen molar-refractivity contribution in [2.75, 3.05) is 26.3 Å². The summed E-state index contributed by atoms with van der Waals surface area (Å²) in [5.41, 5.74) is -0.270. The molecule has 1 aliphatic rings. The van der Waals surface area contributed by atoms with Gasteiger partial charge in [0, 0.05) is 32.7 Å². The minimum Gasteiger partial charge on any atom is -0.381 e. The molecular weight excluding hydrogens is 256 g/mol. The molecule has 2 amide bonds. The fourth-order valence-electron chi connectivity index (χ4n) is 2.24. The van der Waals surface area contributed by atoms with E-state index in [1.165, 1.54) is 0 Å². The highest BCUT2D eigenvalue weighted by molar-refractivity contribution is 5.90. The van der Waals surface area contributed by atoms with Crippen LogP contribution in [0.15, 0.2) is 0 Å². The highest BCUT2D eigenvalue weighted by Gasteiger charge is 2.37. The fraction of sp³-hybridized carbons (Fsp3) is 0.867. The Balaban J connectivity index is 2.56. The molecule has 0 aliphatic carbocycles. The molecule has 0 bridgehead atoms. The van der Waals surface area contributed by atoms with E-state index in [0.717, 1.165) is 19.4 Å². The molecule has 0 aromatic carbocycles. The van der Waals surface area contributed by atoms with Crippen LogP contribution in [0.2, 0.25) is 0 Å². The molecule has 0 radical (unpaired) electrons. The second kappa shape index (κ2) is 7.62. The number of nitrogens with one attached hydrogen (secondary N) is 1. The van der Waals surface area contributed by atoms with E-state index >= 15 is 0 Å². The monoisotopic (exact) mass is 284 g/mol. The summed E-state index contributed by atoms with van der Waals surface area (Å²) < 4.78 is 5.44. The first kappa shape index (κ1) is 17.0. The number of amides is 2. The number of rotatable bonds is 6. The fourth-order valence-corrected chi connectivity index (χ4v) is 2.24. The number of hydrogen-bond acceptors (Lipinski definition) is 3. The van der Waals surface area contributed by atoms with Crippen LogP contribution >= 0.6 is 0 Å². The minimum atomic E-state index is -0.436. The molecule has 1 N–H and O–H groups in total. The van der Waals surface area contributed by atoms with Crippen LogP contribution in [-0.4, -0.2) is 49.1 Å². The third kappa shape index (κ3) is 5.12. The lowest BCUT2D eigenvalue weighted by Gasteiger charge is -2.32. The summed E-state index contributed by atoms with van der Waals surface area (Å²) in [5, 5.41) is 2.85. The van der Waals surface area contributed by atoms with E-state index in [2.05, 4.69) is 12.2 Å². The predicted octanol–water partition coefficient (Wildman–Crippen LogP) is 1.57. The van der Waals surface area contributed by atoms with Crippen molar-refractivity contribution in [3.8, 4) is 0 Å². The summed E-state index contributed by atoms with van der Waals surface area (Å²) >= 11 is 0. The highest BCUT2D eigenvalue weighted by atomic mass is 16.5. The SMILES string of the molecule is CCCOCCCN1CCC(=O)NC(C(C)(C)C)C1=O. The van der Waals surface area contributed by atoms with Crippen LogP contribution < -0.4 is 5.32 Å². The maximum absolute atomic E-state index is 12.5. The average molecular weight is 284 g/mol. The van der Waals surface area contributed by atoms with E-state index in [0.29, 0.717) is 26.1 Å². The number of hydrogen-bond donors (Lipinski definition) is 1. The predicted molar refractivity (Wildman–Crippen MR) is 78.3 cm³/mol. The van der Waals surface area contributed by atoms with Gasteiger partial charge in [0.05, 0.1) is 0 Å². The van der Waals surface area contributed by atoms with Crippen LogP contribution in [-0.2, 0) is 14.3 Å². The molecule has 0 spiro atoms. The molecule has 0 saturated carbocycles. The van der Waals surface area contributed by atoms with Gasteiger partial charge >= 0.3 is 0 Å². The molecular formula is C15H28N2O3. The molecule has 1 aliphatic heterocycles. The van der Waals surface area contributed by atoms with E-state index in [1.807, 2.05) is 20.8 Å². The Morgan fingerprint density at radius 1 is 1.30 bits per heavy atom. The van der Waals surface area contributed by atoms with Gasteiger partial charge in [0.2, 0.25) is 11.8 Å². The number of ether oxygens (including phenoxy) is 1. The summed E-state index contributed by atoms with van der Waals surface area (Å²) in [6, 6.07) is -0.436. The first-order valence-corrected chi connectivity index (χ1v) is 7.52. The van der Waals surface area contributed by atoms with Gasteiger partial charge in [0.15, 0.2) is 0 Å². The molecule has 0 aromatic heterocycles. The van der Waals surface area contributed by atoms with Gasteiger partial charge in [-0.3, -0.25) is 9.59 Å². The van der Waals surface area contributed by atoms with Crippen LogP contribution in [0.1, 0.15) is 47.0 Å². The van der Waals surface area contributed by atoms with Crippen LogP contribution in [0, 0.1) is 5.41 Å². The topological polar surface area (TPSA) is 58.6 Å². The molecule has 1 atom stereocenters. The third-order valence-electron chi connectivity index (χ3n) is 3.40. The zero-order valence-corrected chi connectivity index (χ0v) is 13.2. The van der Waals surface area contributed by atoms with Crippen LogP contribution in [0.25, 0.3) is 0 Å². The van der Waals surface area contributed by atoms with Gasteiger partial charge in [0.1, 0.15) is 6.04 Å². The summed E-state index contributed by atoms with van der Waals surface area (Å²) in [5.74, 6) is -0.0122. The molecule has 1 heterocycles. The standard InChI is InChI=1S/C15H28N2O3/c1-5-10-20-11-6-8-17-9-7-12(18)16-13(14(17)19)15(2,3)4/h13H,5-11H2,1-4H3,(H,16,18). The van der Waals surface area contributed by atoms with E-state index in [9.17, 15) is 9.59 Å². The maximum Gasteiger partial charge on any atom is 0.245 e. The van der Waals surface area contributed by atoms with Crippen molar-refractivity contribution in [1.82, 2.24) is 10.2 Å². The van der Waals surface area contributed by atoms with Gasteiger partial charge in [-0.2, -0.15) is 0 Å². The molecule has 1 fully saturated rings. The van der Waals surface area contributed by atoms with Gasteiger partial charge < -0.3 is 15.0 Å².